The summed E-state index contributed by atoms with van der Waals surface area (Å²) in [6.07, 6.45) is -7.79. The van der Waals surface area contributed by atoms with Crippen molar-refractivity contribution < 1.29 is 54.4 Å². The number of rotatable bonds is 8. The Balaban J connectivity index is 1.80. The van der Waals surface area contributed by atoms with Crippen LogP contribution in [0.3, 0.4) is 0 Å². The maximum Gasteiger partial charge on any atom is 0.302 e. The number of carbonyl (C=O) groups is 2. The quantitative estimate of drug-likeness (QED) is 0.228. The van der Waals surface area contributed by atoms with Gasteiger partial charge in [-0.15, -0.1) is 0 Å². The summed E-state index contributed by atoms with van der Waals surface area (Å²) < 4.78 is 15.8. The minimum Gasteiger partial charge on any atom is -0.508 e. The smallest absolute Gasteiger partial charge is 0.302 e. The molecule has 2 unspecified atom stereocenters. The molecule has 0 spiro atoms. The van der Waals surface area contributed by atoms with Gasteiger partial charge in [0.1, 0.15) is 59.6 Å². The number of ether oxygens (including phenoxy) is 3. The van der Waals surface area contributed by atoms with Crippen LogP contribution in [0.1, 0.15) is 29.3 Å². The number of phenolic OH excluding ortho intramolecular Hbond substituents is 3. The van der Waals surface area contributed by atoms with E-state index in [-0.39, 0.29) is 29.9 Å². The molecule has 1 heterocycles. The van der Waals surface area contributed by atoms with Crippen molar-refractivity contribution in [1.29, 1.82) is 0 Å². The Hall–Kier alpha value is -3.38. The molecule has 2 aromatic carbocycles. The van der Waals surface area contributed by atoms with Crippen LogP contribution in [0.2, 0.25) is 0 Å². The van der Waals surface area contributed by atoms with Crippen LogP contribution in [0, 0.1) is 0 Å². The number of aromatic hydroxyl groups is 3. The number of hydrogen-bond donors (Lipinski definition) is 6. The Labute approximate surface area is 194 Å². The molecule has 0 bridgehead atoms. The molecule has 5 atom stereocenters. The molecule has 1 aliphatic rings. The summed E-state index contributed by atoms with van der Waals surface area (Å²) >= 11 is 0. The summed E-state index contributed by atoms with van der Waals surface area (Å²) in [5, 5.41) is 60.2. The van der Waals surface area contributed by atoms with Crippen molar-refractivity contribution in [1.82, 2.24) is 0 Å². The van der Waals surface area contributed by atoms with Crippen LogP contribution in [0.4, 0.5) is 0 Å². The van der Waals surface area contributed by atoms with E-state index < -0.39 is 60.6 Å². The fraction of sp³-hybridized carbons (Fsp3) is 0.391. The summed E-state index contributed by atoms with van der Waals surface area (Å²) in [6, 6.07) is 8.20. The van der Waals surface area contributed by atoms with Gasteiger partial charge in [0.2, 0.25) is 6.29 Å². The Bertz CT molecular complexity index is 1020. The number of aliphatic hydroxyl groups is 3. The molecule has 6 N–H and O–H groups in total. The first-order valence-electron chi connectivity index (χ1n) is 10.4. The first kappa shape index (κ1) is 25.2. The summed E-state index contributed by atoms with van der Waals surface area (Å²) in [4.78, 5) is 24.0. The molecular weight excluding hydrogens is 452 g/mol. The third-order valence-corrected chi connectivity index (χ3v) is 5.28. The number of Topliss-reactive ketones (excluding diaryl/α,β-unsaturated/α-hetero) is 1. The van der Waals surface area contributed by atoms with Gasteiger partial charge in [0, 0.05) is 25.5 Å². The zero-order valence-corrected chi connectivity index (χ0v) is 18.2. The largest absolute Gasteiger partial charge is 0.508 e. The van der Waals surface area contributed by atoms with E-state index in [9.17, 15) is 40.2 Å². The maximum absolute atomic E-state index is 12.9. The topological polar surface area (TPSA) is 183 Å². The highest BCUT2D eigenvalue weighted by atomic mass is 16.7. The van der Waals surface area contributed by atoms with Crippen LogP contribution in [0.15, 0.2) is 36.4 Å². The highest BCUT2D eigenvalue weighted by molar-refractivity contribution is 6.01. The molecule has 184 valence electrons. The van der Waals surface area contributed by atoms with Gasteiger partial charge >= 0.3 is 5.97 Å². The molecule has 34 heavy (non-hydrogen) atoms. The van der Waals surface area contributed by atoms with E-state index in [1.54, 1.807) is 12.1 Å². The van der Waals surface area contributed by atoms with Crippen LogP contribution < -0.4 is 4.74 Å². The van der Waals surface area contributed by atoms with Crippen LogP contribution in [-0.4, -0.2) is 79.7 Å². The lowest BCUT2D eigenvalue weighted by Gasteiger charge is -2.40. The second-order valence-corrected chi connectivity index (χ2v) is 7.86. The van der Waals surface area contributed by atoms with Crippen LogP contribution in [-0.2, 0) is 20.7 Å². The first-order chi connectivity index (χ1) is 16.1. The Kier molecular flexibility index (Phi) is 7.94. The second kappa shape index (κ2) is 10.7. The van der Waals surface area contributed by atoms with Gasteiger partial charge in [-0.1, -0.05) is 12.1 Å². The summed E-state index contributed by atoms with van der Waals surface area (Å²) in [5.41, 5.74) is 0.466. The van der Waals surface area contributed by atoms with Crippen molar-refractivity contribution in [3.8, 4) is 23.0 Å². The first-order valence-corrected chi connectivity index (χ1v) is 10.4. The second-order valence-electron chi connectivity index (χ2n) is 7.86. The third-order valence-electron chi connectivity index (χ3n) is 5.28. The van der Waals surface area contributed by atoms with E-state index in [0.29, 0.717) is 0 Å². The number of aliphatic hydroxyl groups excluding tert-OH is 3. The van der Waals surface area contributed by atoms with Gasteiger partial charge in [-0.25, -0.2) is 0 Å². The van der Waals surface area contributed by atoms with Gasteiger partial charge < -0.3 is 44.8 Å². The van der Waals surface area contributed by atoms with Crippen LogP contribution in [0.5, 0.6) is 23.0 Å². The molecule has 0 amide bonds. The van der Waals surface area contributed by atoms with Gasteiger partial charge in [-0.05, 0) is 24.1 Å². The Morgan fingerprint density at radius 2 is 1.62 bits per heavy atom. The molecule has 0 aromatic heterocycles. The van der Waals surface area contributed by atoms with Crippen molar-refractivity contribution >= 4 is 11.8 Å². The van der Waals surface area contributed by atoms with E-state index in [4.69, 9.17) is 14.2 Å². The van der Waals surface area contributed by atoms with Crippen molar-refractivity contribution in [2.75, 3.05) is 6.61 Å². The lowest BCUT2D eigenvalue weighted by Crippen LogP contribution is -2.60. The summed E-state index contributed by atoms with van der Waals surface area (Å²) in [5.74, 6) is -2.48. The molecule has 0 aliphatic carbocycles. The lowest BCUT2D eigenvalue weighted by molar-refractivity contribution is -0.278. The van der Waals surface area contributed by atoms with Gasteiger partial charge in [0.15, 0.2) is 5.78 Å². The number of hydrogen-bond acceptors (Lipinski definition) is 11. The molecular formula is C23H26O11. The SMILES string of the molecule is CC(=O)OCC1O[C@@H](Oc2cc(O)cc(O)c2C(=O)CCc2ccc(O)cc2)C(O)[C@@H](O)[C@@H]1O. The van der Waals surface area contributed by atoms with Crippen molar-refractivity contribution in [2.45, 2.75) is 50.5 Å². The minimum atomic E-state index is -1.77. The predicted octanol–water partition coefficient (Wildman–Crippen LogP) is 0.368. The highest BCUT2D eigenvalue weighted by Crippen LogP contribution is 2.36. The maximum atomic E-state index is 12.9. The number of aryl methyl sites for hydroxylation is 1. The van der Waals surface area contributed by atoms with Crippen molar-refractivity contribution in [3.63, 3.8) is 0 Å². The molecule has 1 saturated heterocycles. The van der Waals surface area contributed by atoms with Gasteiger partial charge in [0.25, 0.3) is 0 Å². The van der Waals surface area contributed by atoms with Crippen LogP contribution >= 0.6 is 0 Å². The third kappa shape index (κ3) is 5.94. The fourth-order valence-corrected chi connectivity index (χ4v) is 3.48. The molecule has 3 rings (SSSR count). The van der Waals surface area contributed by atoms with Crippen LogP contribution in [0.25, 0.3) is 0 Å². The van der Waals surface area contributed by atoms with E-state index in [0.717, 1.165) is 24.6 Å². The minimum absolute atomic E-state index is 0.0655. The molecule has 1 aliphatic heterocycles. The molecule has 1 fully saturated rings. The van der Waals surface area contributed by atoms with E-state index in [2.05, 4.69) is 0 Å². The normalized spacial score (nSPS) is 24.4. The fourth-order valence-electron chi connectivity index (χ4n) is 3.48. The lowest BCUT2D eigenvalue weighted by atomic mass is 9.98. The van der Waals surface area contributed by atoms with E-state index >= 15 is 0 Å². The van der Waals surface area contributed by atoms with E-state index in [1.807, 2.05) is 0 Å². The average Bonchev–Trinajstić information content (AvgIpc) is 2.77. The number of phenols is 3. The molecule has 11 heteroatoms. The number of carbonyl (C=O) groups excluding carboxylic acids is 2. The van der Waals surface area contributed by atoms with Gasteiger partial charge in [-0.3, -0.25) is 9.59 Å². The molecule has 11 nitrogen and oxygen atoms in total. The zero-order chi connectivity index (χ0) is 25.0. The molecule has 0 radical (unpaired) electrons. The number of esters is 1. The van der Waals surface area contributed by atoms with Gasteiger partial charge in [-0.2, -0.15) is 0 Å². The summed E-state index contributed by atoms with van der Waals surface area (Å²) in [6.45, 7) is 0.698. The standard InChI is InChI=1S/C23H26O11/c1-11(24)32-10-18-20(29)21(30)22(31)23(34-18)33-17-9-14(26)8-16(28)19(17)15(27)7-4-12-2-5-13(25)6-3-12/h2-3,5-6,8-9,18,20-23,25-26,28-31H,4,7,10H2,1H3/t18?,20-,21+,22?,23-/m1/s1. The molecule has 0 saturated carbocycles. The van der Waals surface area contributed by atoms with Crippen molar-refractivity contribution in [3.05, 3.63) is 47.5 Å². The zero-order valence-electron chi connectivity index (χ0n) is 18.2. The number of benzene rings is 2. The Morgan fingerprint density at radius 1 is 0.941 bits per heavy atom. The van der Waals surface area contributed by atoms with Gasteiger partial charge in [0.05, 0.1) is 0 Å². The van der Waals surface area contributed by atoms with E-state index in [1.165, 1.54) is 12.1 Å². The van der Waals surface area contributed by atoms with Crippen molar-refractivity contribution in [2.24, 2.45) is 0 Å². The molecule has 2 aromatic rings. The Morgan fingerprint density at radius 3 is 2.26 bits per heavy atom. The predicted molar refractivity (Wildman–Crippen MR) is 114 cm³/mol. The highest BCUT2D eigenvalue weighted by Gasteiger charge is 2.45. The average molecular weight is 478 g/mol. The summed E-state index contributed by atoms with van der Waals surface area (Å²) in [7, 11) is 0. The monoisotopic (exact) mass is 478 g/mol. The number of ketones is 1.